The molecule has 1 heterocycles. The lowest BCUT2D eigenvalue weighted by molar-refractivity contribution is -0.139. The van der Waals surface area contributed by atoms with Gasteiger partial charge in [-0.1, -0.05) is 54.1 Å². The van der Waals surface area contributed by atoms with Gasteiger partial charge in [0, 0.05) is 18.0 Å². The van der Waals surface area contributed by atoms with E-state index in [2.05, 4.69) is 10.6 Å². The Morgan fingerprint density at radius 2 is 1.57 bits per heavy atom. The van der Waals surface area contributed by atoms with Gasteiger partial charge in [-0.05, 0) is 36.1 Å². The Labute approximate surface area is 179 Å². The quantitative estimate of drug-likeness (QED) is 0.550. The van der Waals surface area contributed by atoms with Crippen LogP contribution in [0.15, 0.2) is 77.0 Å². The van der Waals surface area contributed by atoms with Crippen LogP contribution in [0, 0.1) is 6.92 Å². The molecule has 0 aliphatic heterocycles. The highest BCUT2D eigenvalue weighted by Gasteiger charge is 2.31. The fraction of sp³-hybridized carbons (Fsp3) is 0.182. The standard InChI is InChI=1S/C22H22N2O4S2/c1-16-9-11-18(12-10-16)30(27,28)20(19-8-5-13-29-19)15-24-22(26)21(25)23-14-17-6-3-2-4-7-17/h2-13,20H,14-15H2,1H3,(H,23,25)(H,24,26)/t20-/m0/s1. The van der Waals surface area contributed by atoms with Crippen molar-refractivity contribution in [3.8, 4) is 0 Å². The van der Waals surface area contributed by atoms with E-state index in [4.69, 9.17) is 0 Å². The van der Waals surface area contributed by atoms with E-state index in [0.717, 1.165) is 11.1 Å². The van der Waals surface area contributed by atoms with Crippen LogP contribution in [0.25, 0.3) is 0 Å². The molecule has 0 aliphatic rings. The predicted octanol–water partition coefficient (Wildman–Crippen LogP) is 3.00. The first-order chi connectivity index (χ1) is 14.4. The van der Waals surface area contributed by atoms with Crippen molar-refractivity contribution in [3.05, 3.63) is 88.1 Å². The van der Waals surface area contributed by atoms with Gasteiger partial charge in [0.25, 0.3) is 0 Å². The molecule has 0 aliphatic carbocycles. The molecule has 30 heavy (non-hydrogen) atoms. The van der Waals surface area contributed by atoms with Gasteiger partial charge in [0.1, 0.15) is 5.25 Å². The van der Waals surface area contributed by atoms with Crippen molar-refractivity contribution in [2.75, 3.05) is 6.54 Å². The molecule has 0 saturated carbocycles. The number of sulfone groups is 1. The molecule has 2 amide bonds. The summed E-state index contributed by atoms with van der Waals surface area (Å²) in [5, 5.41) is 5.81. The third kappa shape index (κ3) is 5.34. The molecule has 0 spiro atoms. The summed E-state index contributed by atoms with van der Waals surface area (Å²) in [6.45, 7) is 1.89. The van der Waals surface area contributed by atoms with Crippen molar-refractivity contribution in [2.45, 2.75) is 23.6 Å². The second kappa shape index (κ2) is 9.69. The van der Waals surface area contributed by atoms with Crippen molar-refractivity contribution in [1.29, 1.82) is 0 Å². The van der Waals surface area contributed by atoms with Gasteiger partial charge in [-0.25, -0.2) is 8.42 Å². The summed E-state index contributed by atoms with van der Waals surface area (Å²) in [7, 11) is -3.75. The van der Waals surface area contributed by atoms with Crippen LogP contribution in [0.1, 0.15) is 21.3 Å². The van der Waals surface area contributed by atoms with Gasteiger partial charge in [0.15, 0.2) is 9.84 Å². The van der Waals surface area contributed by atoms with Gasteiger partial charge in [0.05, 0.1) is 4.90 Å². The number of carbonyl (C=O) groups is 2. The van der Waals surface area contributed by atoms with E-state index in [-0.39, 0.29) is 18.0 Å². The second-order valence-electron chi connectivity index (χ2n) is 6.74. The number of carbonyl (C=O) groups excluding carboxylic acids is 2. The summed E-state index contributed by atoms with van der Waals surface area (Å²) in [5.41, 5.74) is 1.81. The van der Waals surface area contributed by atoms with Gasteiger partial charge in [0.2, 0.25) is 0 Å². The van der Waals surface area contributed by atoms with Crippen LogP contribution in [0.2, 0.25) is 0 Å². The highest BCUT2D eigenvalue weighted by atomic mass is 32.2. The highest BCUT2D eigenvalue weighted by molar-refractivity contribution is 7.91. The van der Waals surface area contributed by atoms with E-state index in [9.17, 15) is 18.0 Å². The largest absolute Gasteiger partial charge is 0.346 e. The van der Waals surface area contributed by atoms with Crippen LogP contribution in [0.4, 0.5) is 0 Å². The molecular weight excluding hydrogens is 420 g/mol. The zero-order valence-corrected chi connectivity index (χ0v) is 18.0. The number of hydrogen-bond acceptors (Lipinski definition) is 5. The third-order valence-corrected chi connectivity index (χ3v) is 7.77. The van der Waals surface area contributed by atoms with Gasteiger partial charge in [-0.15, -0.1) is 11.3 Å². The maximum absolute atomic E-state index is 13.2. The van der Waals surface area contributed by atoms with Gasteiger partial charge < -0.3 is 10.6 Å². The molecule has 1 atom stereocenters. The maximum atomic E-state index is 13.2. The zero-order valence-electron chi connectivity index (χ0n) is 16.4. The molecule has 3 aromatic rings. The average molecular weight is 443 g/mol. The molecular formula is C22H22N2O4S2. The van der Waals surface area contributed by atoms with Crippen molar-refractivity contribution in [1.82, 2.24) is 10.6 Å². The number of amides is 2. The van der Waals surface area contributed by atoms with Crippen LogP contribution in [-0.2, 0) is 26.0 Å². The first-order valence-electron chi connectivity index (χ1n) is 9.32. The number of hydrogen-bond donors (Lipinski definition) is 2. The van der Waals surface area contributed by atoms with Crippen LogP contribution in [0.3, 0.4) is 0 Å². The summed E-state index contributed by atoms with van der Waals surface area (Å²) >= 11 is 1.29. The molecule has 0 bridgehead atoms. The topological polar surface area (TPSA) is 92.3 Å². The Balaban J connectivity index is 1.69. The Morgan fingerprint density at radius 1 is 0.900 bits per heavy atom. The fourth-order valence-electron chi connectivity index (χ4n) is 2.85. The summed E-state index contributed by atoms with van der Waals surface area (Å²) in [5.74, 6) is -1.68. The zero-order chi connectivity index (χ0) is 21.6. The lowest BCUT2D eigenvalue weighted by atomic mass is 10.2. The molecule has 2 aromatic carbocycles. The average Bonchev–Trinajstić information content (AvgIpc) is 3.27. The van der Waals surface area contributed by atoms with Gasteiger partial charge >= 0.3 is 11.8 Å². The Kier molecular flexibility index (Phi) is 7.02. The van der Waals surface area contributed by atoms with Crippen molar-refractivity contribution < 1.29 is 18.0 Å². The molecule has 156 valence electrons. The number of aryl methyl sites for hydroxylation is 1. The molecule has 0 fully saturated rings. The first-order valence-corrected chi connectivity index (χ1v) is 11.7. The van der Waals surface area contributed by atoms with E-state index < -0.39 is 26.9 Å². The highest BCUT2D eigenvalue weighted by Crippen LogP contribution is 2.31. The predicted molar refractivity (Wildman–Crippen MR) is 117 cm³/mol. The molecule has 0 saturated heterocycles. The number of benzene rings is 2. The molecule has 0 radical (unpaired) electrons. The van der Waals surface area contributed by atoms with Crippen molar-refractivity contribution >= 4 is 33.0 Å². The summed E-state index contributed by atoms with van der Waals surface area (Å²) in [4.78, 5) is 25.1. The van der Waals surface area contributed by atoms with Gasteiger partial charge in [-0.2, -0.15) is 0 Å². The normalized spacial score (nSPS) is 12.2. The van der Waals surface area contributed by atoms with Crippen molar-refractivity contribution in [2.24, 2.45) is 0 Å². The van der Waals surface area contributed by atoms with Crippen LogP contribution >= 0.6 is 11.3 Å². The molecule has 0 unspecified atom stereocenters. The monoisotopic (exact) mass is 442 g/mol. The fourth-order valence-corrected chi connectivity index (χ4v) is 5.64. The minimum Gasteiger partial charge on any atom is -0.346 e. The first kappa shape index (κ1) is 21.7. The smallest absolute Gasteiger partial charge is 0.309 e. The second-order valence-corrected chi connectivity index (χ2v) is 9.85. The maximum Gasteiger partial charge on any atom is 0.309 e. The van der Waals surface area contributed by atoms with E-state index in [0.29, 0.717) is 4.88 Å². The van der Waals surface area contributed by atoms with Gasteiger partial charge in [-0.3, -0.25) is 9.59 Å². The Morgan fingerprint density at radius 3 is 2.20 bits per heavy atom. The van der Waals surface area contributed by atoms with E-state index in [1.165, 1.54) is 11.3 Å². The molecule has 8 heteroatoms. The Hall–Kier alpha value is -2.97. The lowest BCUT2D eigenvalue weighted by Crippen LogP contribution is -2.42. The SMILES string of the molecule is Cc1ccc(S(=O)(=O)[C@@H](CNC(=O)C(=O)NCc2ccccc2)c2cccs2)cc1. The van der Waals surface area contributed by atoms with Crippen LogP contribution in [-0.4, -0.2) is 26.8 Å². The molecule has 3 rings (SSSR count). The molecule has 1 aromatic heterocycles. The molecule has 2 N–H and O–H groups in total. The lowest BCUT2D eigenvalue weighted by Gasteiger charge is -2.17. The van der Waals surface area contributed by atoms with E-state index in [1.807, 2.05) is 37.3 Å². The third-order valence-electron chi connectivity index (χ3n) is 4.53. The minimum atomic E-state index is -3.75. The van der Waals surface area contributed by atoms with Crippen LogP contribution in [0.5, 0.6) is 0 Å². The van der Waals surface area contributed by atoms with E-state index in [1.54, 1.807) is 41.8 Å². The number of rotatable bonds is 7. The summed E-state index contributed by atoms with van der Waals surface area (Å²) in [6.07, 6.45) is 0. The van der Waals surface area contributed by atoms with Crippen molar-refractivity contribution in [3.63, 3.8) is 0 Å². The van der Waals surface area contributed by atoms with Crippen LogP contribution < -0.4 is 10.6 Å². The molecule has 6 nitrogen and oxygen atoms in total. The minimum absolute atomic E-state index is 0.175. The summed E-state index contributed by atoms with van der Waals surface area (Å²) in [6, 6.07) is 19.2. The number of thiophene rings is 1. The number of nitrogens with one attached hydrogen (secondary N) is 2. The summed E-state index contributed by atoms with van der Waals surface area (Å²) < 4.78 is 26.4. The van der Waals surface area contributed by atoms with E-state index >= 15 is 0 Å². The Bertz CT molecular complexity index is 1090.